The number of rotatable bonds is 4. The van der Waals surface area contributed by atoms with Crippen LogP contribution < -0.4 is 16.4 Å². The molecule has 6 heteroatoms. The standard InChI is InChI=1S/C12H14N4O2/c1-8(15-7-11(17)16-12(14)18)10-4-2-9(6-13)3-5-10/h2-5,8,15H,7H2,1H3,(H3,14,16,17,18). The van der Waals surface area contributed by atoms with E-state index in [4.69, 9.17) is 11.0 Å². The maximum absolute atomic E-state index is 11.2. The summed E-state index contributed by atoms with van der Waals surface area (Å²) >= 11 is 0. The molecule has 0 fully saturated rings. The van der Waals surface area contributed by atoms with Crippen LogP contribution >= 0.6 is 0 Å². The van der Waals surface area contributed by atoms with Crippen LogP contribution in [0.25, 0.3) is 0 Å². The zero-order valence-corrected chi connectivity index (χ0v) is 9.93. The number of nitrogens with one attached hydrogen (secondary N) is 2. The summed E-state index contributed by atoms with van der Waals surface area (Å²) in [5.41, 5.74) is 6.34. The van der Waals surface area contributed by atoms with Gasteiger partial charge in [0.05, 0.1) is 18.2 Å². The average molecular weight is 246 g/mol. The summed E-state index contributed by atoms with van der Waals surface area (Å²) < 4.78 is 0. The van der Waals surface area contributed by atoms with Crippen molar-refractivity contribution in [3.05, 3.63) is 35.4 Å². The van der Waals surface area contributed by atoms with E-state index < -0.39 is 11.9 Å². The van der Waals surface area contributed by atoms with Gasteiger partial charge in [-0.1, -0.05) is 12.1 Å². The first kappa shape index (κ1) is 13.7. The topological polar surface area (TPSA) is 108 Å². The molecular weight excluding hydrogens is 232 g/mol. The van der Waals surface area contributed by atoms with Crippen LogP contribution in [0.1, 0.15) is 24.1 Å². The van der Waals surface area contributed by atoms with Gasteiger partial charge < -0.3 is 11.1 Å². The van der Waals surface area contributed by atoms with Gasteiger partial charge in [0.15, 0.2) is 0 Å². The molecule has 1 aromatic rings. The second-order valence-electron chi connectivity index (χ2n) is 3.75. The number of amides is 3. The highest BCUT2D eigenvalue weighted by atomic mass is 16.2. The van der Waals surface area contributed by atoms with Crippen molar-refractivity contribution >= 4 is 11.9 Å². The van der Waals surface area contributed by atoms with Crippen LogP contribution in [-0.2, 0) is 4.79 Å². The third kappa shape index (κ3) is 4.23. The lowest BCUT2D eigenvalue weighted by atomic mass is 10.1. The molecule has 0 saturated heterocycles. The molecule has 0 saturated carbocycles. The summed E-state index contributed by atoms with van der Waals surface area (Å²) in [5.74, 6) is -0.483. The van der Waals surface area contributed by atoms with Crippen molar-refractivity contribution in [3.8, 4) is 6.07 Å². The highest BCUT2D eigenvalue weighted by molar-refractivity contribution is 5.94. The highest BCUT2D eigenvalue weighted by Crippen LogP contribution is 2.12. The van der Waals surface area contributed by atoms with E-state index >= 15 is 0 Å². The first-order chi connectivity index (χ1) is 8.52. The summed E-state index contributed by atoms with van der Waals surface area (Å²) in [6, 6.07) is 8.11. The van der Waals surface area contributed by atoms with Gasteiger partial charge >= 0.3 is 6.03 Å². The van der Waals surface area contributed by atoms with Crippen molar-refractivity contribution in [2.24, 2.45) is 5.73 Å². The Morgan fingerprint density at radius 2 is 2.00 bits per heavy atom. The van der Waals surface area contributed by atoms with Crippen molar-refractivity contribution in [1.82, 2.24) is 10.6 Å². The van der Waals surface area contributed by atoms with E-state index in [0.29, 0.717) is 5.56 Å². The zero-order valence-electron chi connectivity index (χ0n) is 9.93. The van der Waals surface area contributed by atoms with Crippen molar-refractivity contribution in [2.75, 3.05) is 6.54 Å². The first-order valence-corrected chi connectivity index (χ1v) is 5.35. The molecule has 0 aromatic heterocycles. The minimum absolute atomic E-state index is 0.00981. The summed E-state index contributed by atoms with van der Waals surface area (Å²) in [4.78, 5) is 21.6. The van der Waals surface area contributed by atoms with E-state index in [1.54, 1.807) is 12.1 Å². The molecule has 6 nitrogen and oxygen atoms in total. The zero-order chi connectivity index (χ0) is 13.5. The van der Waals surface area contributed by atoms with E-state index in [9.17, 15) is 9.59 Å². The number of primary amides is 1. The number of nitrogens with zero attached hydrogens (tertiary/aromatic N) is 1. The fourth-order valence-electron chi connectivity index (χ4n) is 1.39. The van der Waals surface area contributed by atoms with Crippen LogP contribution in [0.3, 0.4) is 0 Å². The molecule has 0 spiro atoms. The van der Waals surface area contributed by atoms with Crippen LogP contribution in [0.5, 0.6) is 0 Å². The minimum Gasteiger partial charge on any atom is -0.351 e. The lowest BCUT2D eigenvalue weighted by Gasteiger charge is -2.13. The maximum Gasteiger partial charge on any atom is 0.318 e. The van der Waals surface area contributed by atoms with Gasteiger partial charge in [0.25, 0.3) is 0 Å². The molecule has 3 amide bonds. The van der Waals surface area contributed by atoms with Gasteiger partial charge in [-0.3, -0.25) is 10.1 Å². The lowest BCUT2D eigenvalue weighted by molar-refractivity contribution is -0.119. The number of hydrogen-bond acceptors (Lipinski definition) is 4. The summed E-state index contributed by atoms with van der Waals surface area (Å²) in [6.07, 6.45) is 0. The van der Waals surface area contributed by atoms with Crippen LogP contribution in [0.2, 0.25) is 0 Å². The Morgan fingerprint density at radius 1 is 1.39 bits per heavy atom. The molecule has 0 aliphatic carbocycles. The minimum atomic E-state index is -0.868. The average Bonchev–Trinajstić information content (AvgIpc) is 2.35. The molecule has 0 aliphatic heterocycles. The number of nitrogens with two attached hydrogens (primary N) is 1. The number of hydrogen-bond donors (Lipinski definition) is 3. The molecule has 0 radical (unpaired) electrons. The number of imide groups is 1. The smallest absolute Gasteiger partial charge is 0.318 e. The first-order valence-electron chi connectivity index (χ1n) is 5.35. The number of nitriles is 1. The largest absolute Gasteiger partial charge is 0.351 e. The second kappa shape index (κ2) is 6.37. The molecule has 1 unspecified atom stereocenters. The van der Waals surface area contributed by atoms with Crippen molar-refractivity contribution < 1.29 is 9.59 Å². The van der Waals surface area contributed by atoms with Crippen molar-refractivity contribution in [2.45, 2.75) is 13.0 Å². The Hall–Kier alpha value is -2.39. The fourth-order valence-corrected chi connectivity index (χ4v) is 1.39. The number of urea groups is 1. The molecule has 1 rings (SSSR count). The van der Waals surface area contributed by atoms with Gasteiger partial charge in [-0.15, -0.1) is 0 Å². The predicted octanol–water partition coefficient (Wildman–Crippen LogP) is 0.404. The number of benzene rings is 1. The van der Waals surface area contributed by atoms with Crippen LogP contribution in [0.4, 0.5) is 4.79 Å². The van der Waals surface area contributed by atoms with E-state index in [1.165, 1.54) is 0 Å². The van der Waals surface area contributed by atoms with Gasteiger partial charge in [0.2, 0.25) is 5.91 Å². The molecular formula is C12H14N4O2. The Bertz CT molecular complexity index is 476. The van der Waals surface area contributed by atoms with Crippen LogP contribution in [0.15, 0.2) is 24.3 Å². The summed E-state index contributed by atoms with van der Waals surface area (Å²) in [5, 5.41) is 13.6. The number of carbonyl (C=O) groups excluding carboxylic acids is 2. The van der Waals surface area contributed by atoms with E-state index in [0.717, 1.165) is 5.56 Å². The molecule has 0 aliphatic rings. The van der Waals surface area contributed by atoms with E-state index in [-0.39, 0.29) is 12.6 Å². The third-order valence-corrected chi connectivity index (χ3v) is 2.37. The quantitative estimate of drug-likeness (QED) is 0.714. The summed E-state index contributed by atoms with van der Waals surface area (Å²) in [6.45, 7) is 1.86. The molecule has 94 valence electrons. The molecule has 18 heavy (non-hydrogen) atoms. The van der Waals surface area contributed by atoms with Gasteiger partial charge in [-0.2, -0.15) is 5.26 Å². The van der Waals surface area contributed by atoms with E-state index in [2.05, 4.69) is 5.32 Å². The van der Waals surface area contributed by atoms with Crippen LogP contribution in [0, 0.1) is 11.3 Å². The summed E-state index contributed by atoms with van der Waals surface area (Å²) in [7, 11) is 0. The molecule has 0 heterocycles. The highest BCUT2D eigenvalue weighted by Gasteiger charge is 2.08. The predicted molar refractivity (Wildman–Crippen MR) is 65.3 cm³/mol. The van der Waals surface area contributed by atoms with Crippen LogP contribution in [-0.4, -0.2) is 18.5 Å². The van der Waals surface area contributed by atoms with Gasteiger partial charge in [-0.05, 0) is 24.6 Å². The normalized spacial score (nSPS) is 11.3. The van der Waals surface area contributed by atoms with Crippen molar-refractivity contribution in [3.63, 3.8) is 0 Å². The Morgan fingerprint density at radius 3 is 2.50 bits per heavy atom. The van der Waals surface area contributed by atoms with Crippen molar-refractivity contribution in [1.29, 1.82) is 5.26 Å². The fraction of sp³-hybridized carbons (Fsp3) is 0.250. The molecule has 1 aromatic carbocycles. The number of carbonyl (C=O) groups is 2. The third-order valence-electron chi connectivity index (χ3n) is 2.37. The second-order valence-corrected chi connectivity index (χ2v) is 3.75. The molecule has 0 bridgehead atoms. The Labute approximate surface area is 105 Å². The Balaban J connectivity index is 2.50. The SMILES string of the molecule is CC(NCC(=O)NC(N)=O)c1ccc(C#N)cc1. The molecule has 1 atom stereocenters. The van der Waals surface area contributed by atoms with Gasteiger partial charge in [0, 0.05) is 6.04 Å². The van der Waals surface area contributed by atoms with Gasteiger partial charge in [-0.25, -0.2) is 4.79 Å². The Kier molecular flexibility index (Phi) is 4.84. The monoisotopic (exact) mass is 246 g/mol. The maximum atomic E-state index is 11.2. The van der Waals surface area contributed by atoms with E-state index in [1.807, 2.05) is 30.4 Å². The lowest BCUT2D eigenvalue weighted by Crippen LogP contribution is -2.41. The van der Waals surface area contributed by atoms with Gasteiger partial charge in [0.1, 0.15) is 0 Å². The molecule has 4 N–H and O–H groups in total.